The molecule has 2 N–H and O–H groups in total. The first-order valence-corrected chi connectivity index (χ1v) is 7.32. The number of rotatable bonds is 7. The van der Waals surface area contributed by atoms with Crippen LogP contribution in [0.3, 0.4) is 0 Å². The van der Waals surface area contributed by atoms with E-state index in [1.165, 1.54) is 25.4 Å². The lowest BCUT2D eigenvalue weighted by Crippen LogP contribution is -2.50. The van der Waals surface area contributed by atoms with Gasteiger partial charge >= 0.3 is 0 Å². The molecule has 0 saturated carbocycles. The number of nitrogens with one attached hydrogen (secondary N) is 1. The zero-order valence-electron chi connectivity index (χ0n) is 13.4. The number of benzene rings is 1. The Balaban J connectivity index is 2.22. The lowest BCUT2D eigenvalue weighted by Gasteiger charge is -2.29. The summed E-state index contributed by atoms with van der Waals surface area (Å²) in [6.45, 7) is 1.79. The van der Waals surface area contributed by atoms with Gasteiger partial charge in [0.1, 0.15) is 5.69 Å². The van der Waals surface area contributed by atoms with Crippen LogP contribution in [-0.2, 0) is 4.74 Å². The van der Waals surface area contributed by atoms with E-state index >= 15 is 0 Å². The Labute approximate surface area is 138 Å². The largest absolute Gasteiger partial charge is 0.396 e. The molecule has 1 aromatic heterocycles. The molecule has 6 nitrogen and oxygen atoms in total. The Bertz CT molecular complexity index is 692. The van der Waals surface area contributed by atoms with E-state index < -0.39 is 23.1 Å². The smallest absolute Gasteiger partial charge is 0.272 e. The summed E-state index contributed by atoms with van der Waals surface area (Å²) < 4.78 is 33.6. The highest BCUT2D eigenvalue weighted by Crippen LogP contribution is 2.17. The summed E-state index contributed by atoms with van der Waals surface area (Å²) in [5, 5.41) is 15.8. The van der Waals surface area contributed by atoms with Gasteiger partial charge in [-0.25, -0.2) is 13.5 Å². The summed E-state index contributed by atoms with van der Waals surface area (Å²) in [5.41, 5.74) is -1.14. The molecule has 1 unspecified atom stereocenters. The summed E-state index contributed by atoms with van der Waals surface area (Å²) in [5.74, 6) is -2.09. The topological polar surface area (TPSA) is 76.4 Å². The summed E-state index contributed by atoms with van der Waals surface area (Å²) in [6.07, 6.45) is 1.59. The number of carbonyl (C=O) groups is 1. The van der Waals surface area contributed by atoms with Gasteiger partial charge in [-0.15, -0.1) is 0 Å². The van der Waals surface area contributed by atoms with E-state index in [1.54, 1.807) is 6.92 Å². The van der Waals surface area contributed by atoms with Gasteiger partial charge in [0.15, 0.2) is 17.3 Å². The molecule has 8 heteroatoms. The van der Waals surface area contributed by atoms with Crippen molar-refractivity contribution < 1.29 is 23.4 Å². The molecule has 2 rings (SSSR count). The minimum atomic E-state index is -0.784. The van der Waals surface area contributed by atoms with Crippen molar-refractivity contribution in [2.24, 2.45) is 0 Å². The van der Waals surface area contributed by atoms with Gasteiger partial charge in [-0.1, -0.05) is 6.07 Å². The number of carbonyl (C=O) groups excluding carboxylic acids is 1. The molecule has 0 spiro atoms. The zero-order valence-corrected chi connectivity index (χ0v) is 13.4. The fourth-order valence-corrected chi connectivity index (χ4v) is 2.35. The van der Waals surface area contributed by atoms with E-state index in [0.717, 1.165) is 16.8 Å². The maximum atomic E-state index is 13.8. The van der Waals surface area contributed by atoms with Crippen molar-refractivity contribution in [1.82, 2.24) is 15.1 Å². The number of aliphatic hydroxyl groups is 1. The Kier molecular flexibility index (Phi) is 5.63. The van der Waals surface area contributed by atoms with Crippen molar-refractivity contribution in [3.63, 3.8) is 0 Å². The van der Waals surface area contributed by atoms with Crippen LogP contribution in [0.2, 0.25) is 0 Å². The molecule has 0 radical (unpaired) electrons. The van der Waals surface area contributed by atoms with Crippen LogP contribution < -0.4 is 5.32 Å². The van der Waals surface area contributed by atoms with Crippen molar-refractivity contribution in [1.29, 1.82) is 0 Å². The molecule has 2 aromatic rings. The monoisotopic (exact) mass is 339 g/mol. The van der Waals surface area contributed by atoms with Gasteiger partial charge in [-0.05, 0) is 31.5 Å². The minimum absolute atomic E-state index is 0.00193. The molecule has 1 aromatic carbocycles. The lowest BCUT2D eigenvalue weighted by molar-refractivity contribution is 0.0721. The molecule has 0 aliphatic carbocycles. The number of amides is 1. The third kappa shape index (κ3) is 3.95. The van der Waals surface area contributed by atoms with Gasteiger partial charge in [0.05, 0.1) is 12.1 Å². The Hall–Kier alpha value is -2.32. The quantitative estimate of drug-likeness (QED) is 0.804. The van der Waals surface area contributed by atoms with Crippen LogP contribution in [0, 0.1) is 11.6 Å². The van der Waals surface area contributed by atoms with Crippen molar-refractivity contribution >= 4 is 5.91 Å². The van der Waals surface area contributed by atoms with E-state index in [2.05, 4.69) is 10.4 Å². The number of methoxy groups -OCH3 is 1. The Morgan fingerprint density at radius 2 is 2.04 bits per heavy atom. The number of hydrogen-bond donors (Lipinski definition) is 2. The molecule has 0 saturated heterocycles. The number of aliphatic hydroxyl groups excluding tert-OH is 1. The standard InChI is InChI=1S/C16H19F2N3O3/c1-16(7-9-22,10-24-2)19-15(23)13-6-8-21(20-13)14-11(17)4-3-5-12(14)18/h3-6,8,22H,7,9-10H2,1-2H3,(H,19,23). The van der Waals surface area contributed by atoms with Crippen LogP contribution >= 0.6 is 0 Å². The lowest BCUT2D eigenvalue weighted by atomic mass is 9.99. The van der Waals surface area contributed by atoms with Crippen LogP contribution in [-0.4, -0.2) is 46.7 Å². The predicted molar refractivity (Wildman–Crippen MR) is 82.9 cm³/mol. The molecule has 24 heavy (non-hydrogen) atoms. The molecule has 1 heterocycles. The summed E-state index contributed by atoms with van der Waals surface area (Å²) in [4.78, 5) is 12.3. The van der Waals surface area contributed by atoms with E-state index in [-0.39, 0.29) is 31.0 Å². The van der Waals surface area contributed by atoms with Crippen molar-refractivity contribution in [3.8, 4) is 5.69 Å². The van der Waals surface area contributed by atoms with Crippen LogP contribution in [0.4, 0.5) is 8.78 Å². The molecule has 0 fully saturated rings. The first-order valence-electron chi connectivity index (χ1n) is 7.32. The zero-order chi connectivity index (χ0) is 17.7. The van der Waals surface area contributed by atoms with E-state index in [9.17, 15) is 13.6 Å². The molecule has 0 aliphatic heterocycles. The second kappa shape index (κ2) is 7.50. The van der Waals surface area contributed by atoms with Gasteiger partial charge in [-0.3, -0.25) is 4.79 Å². The van der Waals surface area contributed by atoms with Gasteiger partial charge in [0.25, 0.3) is 5.91 Å². The fourth-order valence-electron chi connectivity index (χ4n) is 2.35. The number of aromatic nitrogens is 2. The highest BCUT2D eigenvalue weighted by molar-refractivity contribution is 5.92. The van der Waals surface area contributed by atoms with Crippen LogP contribution in [0.5, 0.6) is 0 Å². The number of para-hydroxylation sites is 1. The molecule has 0 bridgehead atoms. The molecular formula is C16H19F2N3O3. The number of hydrogen-bond acceptors (Lipinski definition) is 4. The van der Waals surface area contributed by atoms with Crippen LogP contribution in [0.25, 0.3) is 5.69 Å². The maximum absolute atomic E-state index is 13.8. The van der Waals surface area contributed by atoms with Crippen molar-refractivity contribution in [3.05, 3.63) is 47.8 Å². The van der Waals surface area contributed by atoms with Gasteiger partial charge in [0.2, 0.25) is 0 Å². The molecule has 1 amide bonds. The molecule has 0 aliphatic rings. The van der Waals surface area contributed by atoms with E-state index in [4.69, 9.17) is 9.84 Å². The molecule has 130 valence electrons. The van der Waals surface area contributed by atoms with Crippen molar-refractivity contribution in [2.75, 3.05) is 20.3 Å². The molecular weight excluding hydrogens is 320 g/mol. The van der Waals surface area contributed by atoms with Crippen LogP contribution in [0.15, 0.2) is 30.5 Å². The molecule has 1 atom stereocenters. The SMILES string of the molecule is COCC(C)(CCO)NC(=O)c1ccn(-c2c(F)cccc2F)n1. The normalized spacial score (nSPS) is 13.5. The number of halogens is 2. The van der Waals surface area contributed by atoms with Gasteiger partial charge in [0, 0.05) is 19.9 Å². The van der Waals surface area contributed by atoms with Crippen molar-refractivity contribution in [2.45, 2.75) is 18.9 Å². The van der Waals surface area contributed by atoms with E-state index in [1.807, 2.05) is 0 Å². The minimum Gasteiger partial charge on any atom is -0.396 e. The van der Waals surface area contributed by atoms with E-state index in [0.29, 0.717) is 0 Å². The Morgan fingerprint density at radius 3 is 2.62 bits per heavy atom. The third-order valence-electron chi connectivity index (χ3n) is 3.53. The highest BCUT2D eigenvalue weighted by atomic mass is 19.1. The second-order valence-electron chi connectivity index (χ2n) is 5.64. The van der Waals surface area contributed by atoms with Gasteiger partial charge < -0.3 is 15.2 Å². The first-order chi connectivity index (χ1) is 11.4. The summed E-state index contributed by atoms with van der Waals surface area (Å²) in [6, 6.07) is 4.82. The summed E-state index contributed by atoms with van der Waals surface area (Å²) >= 11 is 0. The first kappa shape index (κ1) is 18.0. The predicted octanol–water partition coefficient (Wildman–Crippen LogP) is 1.67. The van der Waals surface area contributed by atoms with Gasteiger partial charge in [-0.2, -0.15) is 5.10 Å². The maximum Gasteiger partial charge on any atom is 0.272 e. The Morgan fingerprint density at radius 1 is 1.38 bits per heavy atom. The number of ether oxygens (including phenoxy) is 1. The third-order valence-corrected chi connectivity index (χ3v) is 3.53. The average molecular weight is 339 g/mol. The average Bonchev–Trinajstić information content (AvgIpc) is 2.97. The van der Waals surface area contributed by atoms with Crippen LogP contribution in [0.1, 0.15) is 23.8 Å². The summed E-state index contributed by atoms with van der Waals surface area (Å²) in [7, 11) is 1.48. The highest BCUT2D eigenvalue weighted by Gasteiger charge is 2.27. The fraction of sp³-hybridized carbons (Fsp3) is 0.375. The number of nitrogens with zero attached hydrogens (tertiary/aromatic N) is 2. The second-order valence-corrected chi connectivity index (χ2v) is 5.64.